The number of aliphatic hydroxyl groups excluding tert-OH is 1. The summed E-state index contributed by atoms with van der Waals surface area (Å²) < 4.78 is 0. The highest BCUT2D eigenvalue weighted by Crippen LogP contribution is 2.33. The van der Waals surface area contributed by atoms with Gasteiger partial charge in [0.2, 0.25) is 0 Å². The Hall–Kier alpha value is -0.750. The van der Waals surface area contributed by atoms with Gasteiger partial charge in [0.05, 0.1) is 12.1 Å². The van der Waals surface area contributed by atoms with Gasteiger partial charge in [0, 0.05) is 30.5 Å². The third-order valence-corrected chi connectivity index (χ3v) is 5.50. The lowest BCUT2D eigenvalue weighted by atomic mass is 10.0. The largest absolute Gasteiger partial charge is 0.396 e. The van der Waals surface area contributed by atoms with Gasteiger partial charge in [-0.3, -0.25) is 4.79 Å². The number of aliphatic hydroxyl groups is 1. The Bertz CT molecular complexity index is 351. The maximum atomic E-state index is 11.6. The van der Waals surface area contributed by atoms with Gasteiger partial charge in [-0.1, -0.05) is 6.42 Å². The zero-order valence-corrected chi connectivity index (χ0v) is 12.6. The summed E-state index contributed by atoms with van der Waals surface area (Å²) in [6.07, 6.45) is 5.83. The highest BCUT2D eigenvalue weighted by molar-refractivity contribution is 8.00. The van der Waals surface area contributed by atoms with Crippen molar-refractivity contribution in [3.8, 4) is 0 Å². The number of carbonyl (C=O) groups excluding carboxylic acids is 2. The molecule has 2 aliphatic heterocycles. The Labute approximate surface area is 124 Å². The van der Waals surface area contributed by atoms with Crippen LogP contribution in [0.4, 0.5) is 4.79 Å². The van der Waals surface area contributed by atoms with Crippen molar-refractivity contribution in [2.24, 2.45) is 0 Å². The predicted octanol–water partition coefficient (Wildman–Crippen LogP) is 1.44. The van der Waals surface area contributed by atoms with Gasteiger partial charge >= 0.3 is 6.03 Å². The summed E-state index contributed by atoms with van der Waals surface area (Å²) in [5.74, 6) is 1.31. The quantitative estimate of drug-likeness (QED) is 0.445. The Morgan fingerprint density at radius 2 is 1.95 bits per heavy atom. The van der Waals surface area contributed by atoms with Crippen molar-refractivity contribution in [3.63, 3.8) is 0 Å². The van der Waals surface area contributed by atoms with Crippen LogP contribution >= 0.6 is 11.8 Å². The van der Waals surface area contributed by atoms with E-state index in [0.717, 1.165) is 37.9 Å². The van der Waals surface area contributed by atoms with Crippen molar-refractivity contribution in [3.05, 3.63) is 0 Å². The van der Waals surface area contributed by atoms with E-state index in [1.165, 1.54) is 0 Å². The first kappa shape index (κ1) is 15.6. The number of Topliss-reactive ketones (excluding diaryl/α,β-unsaturated/α-hetero) is 1. The number of amides is 2. The zero-order chi connectivity index (χ0) is 14.4. The molecule has 20 heavy (non-hydrogen) atoms. The van der Waals surface area contributed by atoms with E-state index in [2.05, 4.69) is 10.6 Å². The molecule has 2 rings (SSSR count). The first-order valence-corrected chi connectivity index (χ1v) is 8.57. The Morgan fingerprint density at radius 3 is 2.70 bits per heavy atom. The van der Waals surface area contributed by atoms with E-state index in [9.17, 15) is 9.59 Å². The zero-order valence-electron chi connectivity index (χ0n) is 11.8. The second-order valence-electron chi connectivity index (χ2n) is 5.59. The van der Waals surface area contributed by atoms with Crippen molar-refractivity contribution in [1.82, 2.24) is 10.6 Å². The molecule has 0 aromatic rings. The molecule has 0 spiro atoms. The van der Waals surface area contributed by atoms with Gasteiger partial charge in [-0.05, 0) is 25.7 Å². The summed E-state index contributed by atoms with van der Waals surface area (Å²) >= 11 is 1.92. The summed E-state index contributed by atoms with van der Waals surface area (Å²) in [5.41, 5.74) is 0. The fraction of sp³-hybridized carbons (Fsp3) is 0.857. The predicted molar refractivity (Wildman–Crippen MR) is 79.9 cm³/mol. The topological polar surface area (TPSA) is 78.4 Å². The van der Waals surface area contributed by atoms with Gasteiger partial charge in [0.25, 0.3) is 0 Å². The van der Waals surface area contributed by atoms with E-state index in [-0.39, 0.29) is 24.7 Å². The molecule has 114 valence electrons. The molecule has 2 heterocycles. The molecule has 5 nitrogen and oxygen atoms in total. The van der Waals surface area contributed by atoms with E-state index < -0.39 is 0 Å². The summed E-state index contributed by atoms with van der Waals surface area (Å²) in [6.45, 7) is 0.175. The minimum atomic E-state index is -0.0376. The third kappa shape index (κ3) is 4.38. The second-order valence-corrected chi connectivity index (χ2v) is 6.86. The van der Waals surface area contributed by atoms with Crippen LogP contribution < -0.4 is 10.6 Å². The molecule has 3 atom stereocenters. The number of hydrogen-bond acceptors (Lipinski definition) is 4. The van der Waals surface area contributed by atoms with Crippen LogP contribution in [0.5, 0.6) is 0 Å². The molecule has 0 aromatic carbocycles. The summed E-state index contributed by atoms with van der Waals surface area (Å²) in [7, 11) is 0. The molecule has 6 heteroatoms. The van der Waals surface area contributed by atoms with Crippen molar-refractivity contribution in [2.45, 2.75) is 62.3 Å². The molecule has 2 fully saturated rings. The number of unbranched alkanes of at least 4 members (excludes halogenated alkanes) is 2. The smallest absolute Gasteiger partial charge is 0.315 e. The van der Waals surface area contributed by atoms with Crippen molar-refractivity contribution < 1.29 is 14.7 Å². The van der Waals surface area contributed by atoms with Crippen LogP contribution in [0.25, 0.3) is 0 Å². The molecule has 0 aromatic heterocycles. The van der Waals surface area contributed by atoms with Crippen LogP contribution in [0, 0.1) is 0 Å². The Morgan fingerprint density at radius 1 is 1.20 bits per heavy atom. The second kappa shape index (κ2) is 7.88. The molecule has 0 bridgehead atoms. The van der Waals surface area contributed by atoms with Crippen LogP contribution in [0.1, 0.15) is 44.9 Å². The average molecular weight is 300 g/mol. The van der Waals surface area contributed by atoms with Gasteiger partial charge in [0.1, 0.15) is 5.78 Å². The summed E-state index contributed by atoms with van der Waals surface area (Å²) in [6, 6.07) is 0.523. The highest BCUT2D eigenvalue weighted by atomic mass is 32.2. The molecular formula is C14H24N2O3S. The van der Waals surface area contributed by atoms with Crippen LogP contribution in [0.2, 0.25) is 0 Å². The molecular weight excluding hydrogens is 276 g/mol. The van der Waals surface area contributed by atoms with Crippen molar-refractivity contribution in [2.75, 3.05) is 12.4 Å². The average Bonchev–Trinajstić information content (AvgIpc) is 2.95. The van der Waals surface area contributed by atoms with Gasteiger partial charge in [-0.25, -0.2) is 4.79 Å². The minimum Gasteiger partial charge on any atom is -0.396 e. The minimum absolute atomic E-state index is 0.0376. The van der Waals surface area contributed by atoms with Crippen molar-refractivity contribution in [1.29, 1.82) is 0 Å². The lowest BCUT2D eigenvalue weighted by molar-refractivity contribution is -0.119. The number of hydrogen-bond donors (Lipinski definition) is 3. The molecule has 0 radical (unpaired) electrons. The molecule has 0 saturated carbocycles. The van der Waals surface area contributed by atoms with Gasteiger partial charge in [0.15, 0.2) is 0 Å². The van der Waals surface area contributed by atoms with E-state index in [0.29, 0.717) is 23.9 Å². The van der Waals surface area contributed by atoms with Gasteiger partial charge in [-0.2, -0.15) is 11.8 Å². The van der Waals surface area contributed by atoms with Crippen LogP contribution in [-0.2, 0) is 4.79 Å². The lowest BCUT2D eigenvalue weighted by Crippen LogP contribution is -2.36. The molecule has 0 aliphatic carbocycles. The number of fused-ring (bicyclic) bond motifs is 1. The van der Waals surface area contributed by atoms with Gasteiger partial charge < -0.3 is 15.7 Å². The molecule has 2 aliphatic rings. The number of rotatable bonds is 9. The fourth-order valence-corrected chi connectivity index (χ4v) is 4.41. The molecule has 3 N–H and O–H groups in total. The van der Waals surface area contributed by atoms with E-state index in [1.807, 2.05) is 11.8 Å². The number of carbonyl (C=O) groups is 2. The van der Waals surface area contributed by atoms with Crippen LogP contribution in [0.3, 0.4) is 0 Å². The summed E-state index contributed by atoms with van der Waals surface area (Å²) in [4.78, 5) is 22.8. The van der Waals surface area contributed by atoms with E-state index >= 15 is 0 Å². The Kier molecular flexibility index (Phi) is 6.16. The first-order chi connectivity index (χ1) is 9.70. The van der Waals surface area contributed by atoms with Crippen LogP contribution in [0.15, 0.2) is 0 Å². The number of ketones is 1. The molecule has 2 amide bonds. The first-order valence-electron chi connectivity index (χ1n) is 7.52. The molecule has 2 saturated heterocycles. The highest BCUT2D eigenvalue weighted by Gasteiger charge is 2.42. The van der Waals surface area contributed by atoms with Crippen LogP contribution in [-0.4, -0.2) is 46.6 Å². The molecule has 1 unspecified atom stereocenters. The van der Waals surface area contributed by atoms with E-state index in [4.69, 9.17) is 5.11 Å². The monoisotopic (exact) mass is 300 g/mol. The fourth-order valence-electron chi connectivity index (χ4n) is 2.87. The van der Waals surface area contributed by atoms with Crippen molar-refractivity contribution >= 4 is 23.6 Å². The standard InChI is InChI=1S/C14H24N2O3S/c17-8-4-3-6-10(18)5-1-2-7-12-13-11(9-20-12)15-14(19)16-13/h11-13,17H,1-9H2,(H2,15,16,19)/t11-,12?,13-/m0/s1. The third-order valence-electron chi connectivity index (χ3n) is 4.00. The number of nitrogens with one attached hydrogen (secondary N) is 2. The summed E-state index contributed by atoms with van der Waals surface area (Å²) in [5, 5.41) is 15.1. The van der Waals surface area contributed by atoms with Gasteiger partial charge in [-0.15, -0.1) is 0 Å². The maximum Gasteiger partial charge on any atom is 0.315 e. The lowest BCUT2D eigenvalue weighted by Gasteiger charge is -2.16. The van der Waals surface area contributed by atoms with E-state index in [1.54, 1.807) is 0 Å². The maximum absolute atomic E-state index is 11.6. The SMILES string of the molecule is O=C(CCCCO)CCCCC1SC[C@@H]2NC(=O)N[C@H]12. The number of thioether (sulfide) groups is 1. The Balaban J connectivity index is 1.55. The number of urea groups is 1. The normalized spacial score (nSPS) is 28.1.